The van der Waals surface area contributed by atoms with Crippen molar-refractivity contribution >= 4 is 45.1 Å². The number of aliphatic hydroxyl groups is 1. The second-order valence-electron chi connectivity index (χ2n) is 4.48. The van der Waals surface area contributed by atoms with E-state index in [1.54, 1.807) is 36.4 Å². The van der Waals surface area contributed by atoms with Crippen LogP contribution < -0.4 is 0 Å². The molecule has 0 aromatic heterocycles. The number of carbonyl (C=O) groups excluding carboxylic acids is 1. The topological polar surface area (TPSA) is 57.5 Å². The number of carbonyl (C=O) groups is 1. The van der Waals surface area contributed by atoms with E-state index in [0.29, 0.717) is 9.50 Å². The van der Waals surface area contributed by atoms with Gasteiger partial charge in [-0.25, -0.2) is 0 Å². The molecule has 112 valence electrons. The Morgan fingerprint density at radius 2 is 1.95 bits per heavy atom. The van der Waals surface area contributed by atoms with Crippen molar-refractivity contribution in [3.8, 4) is 5.75 Å². The number of hydrogen-bond donors (Lipinski definition) is 2. The summed E-state index contributed by atoms with van der Waals surface area (Å²) < 4.78 is 0.683. The number of ketones is 1. The number of phenolic OH excluding ortho intramolecular Hbond substituents is 1. The number of aliphatic hydroxyl groups excluding tert-OH is 1. The summed E-state index contributed by atoms with van der Waals surface area (Å²) >= 11 is 9.09. The highest BCUT2D eigenvalue weighted by atomic mass is 79.9. The first kappa shape index (κ1) is 16.3. The average molecular weight is 380 g/mol. The van der Waals surface area contributed by atoms with Gasteiger partial charge >= 0.3 is 0 Å². The number of phenols is 1. The maximum Gasteiger partial charge on any atom is 0.182 e. The van der Waals surface area contributed by atoms with Gasteiger partial charge in [0.2, 0.25) is 0 Å². The second kappa shape index (κ2) is 7.29. The zero-order chi connectivity index (χ0) is 16.1. The van der Waals surface area contributed by atoms with Gasteiger partial charge in [-0.3, -0.25) is 4.79 Å². The van der Waals surface area contributed by atoms with Gasteiger partial charge in [-0.1, -0.05) is 45.7 Å². The Morgan fingerprint density at radius 3 is 2.68 bits per heavy atom. The van der Waals surface area contributed by atoms with Crippen LogP contribution in [-0.4, -0.2) is 16.0 Å². The van der Waals surface area contributed by atoms with Crippen LogP contribution >= 0.6 is 27.5 Å². The molecule has 0 spiro atoms. The third-order valence-electron chi connectivity index (χ3n) is 2.80. The molecule has 22 heavy (non-hydrogen) atoms. The number of aromatic hydroxyl groups is 1. The zero-order valence-corrected chi connectivity index (χ0v) is 13.7. The van der Waals surface area contributed by atoms with E-state index in [-0.39, 0.29) is 17.1 Å². The Morgan fingerprint density at radius 1 is 1.18 bits per heavy atom. The number of rotatable bonds is 4. The maximum atomic E-state index is 11.8. The highest BCUT2D eigenvalue weighted by Crippen LogP contribution is 2.27. The average Bonchev–Trinajstić information content (AvgIpc) is 2.47. The van der Waals surface area contributed by atoms with Crippen molar-refractivity contribution < 1.29 is 15.0 Å². The van der Waals surface area contributed by atoms with Crippen molar-refractivity contribution in [2.45, 2.75) is 0 Å². The molecule has 0 heterocycles. The normalized spacial score (nSPS) is 11.8. The van der Waals surface area contributed by atoms with E-state index in [0.717, 1.165) is 11.6 Å². The number of allylic oxidation sites excluding steroid dienone is 2. The number of halogens is 2. The van der Waals surface area contributed by atoms with E-state index in [9.17, 15) is 15.0 Å². The maximum absolute atomic E-state index is 11.8. The molecule has 2 aromatic carbocycles. The Balaban J connectivity index is 2.18. The Hall–Kier alpha value is -2.04. The Kier molecular flexibility index (Phi) is 5.41. The first-order valence-corrected chi connectivity index (χ1v) is 7.50. The molecule has 0 fully saturated rings. The van der Waals surface area contributed by atoms with Crippen LogP contribution in [-0.2, 0) is 4.79 Å². The van der Waals surface area contributed by atoms with Gasteiger partial charge in [-0.2, -0.15) is 0 Å². The minimum atomic E-state index is -0.406. The summed E-state index contributed by atoms with van der Waals surface area (Å²) in [6, 6.07) is 11.6. The van der Waals surface area contributed by atoms with Crippen LogP contribution in [0.3, 0.4) is 0 Å². The van der Waals surface area contributed by atoms with Gasteiger partial charge in [0.25, 0.3) is 0 Å². The second-order valence-corrected chi connectivity index (χ2v) is 5.83. The summed E-state index contributed by atoms with van der Waals surface area (Å²) in [4.78, 5) is 11.8. The Labute approximate surface area is 141 Å². The van der Waals surface area contributed by atoms with Gasteiger partial charge in [0.05, 0.1) is 5.56 Å². The molecule has 0 amide bonds. The third-order valence-corrected chi connectivity index (χ3v) is 3.53. The highest BCUT2D eigenvalue weighted by Gasteiger charge is 2.07. The van der Waals surface area contributed by atoms with Crippen molar-refractivity contribution in [3.63, 3.8) is 0 Å². The molecule has 0 bridgehead atoms. The van der Waals surface area contributed by atoms with Crippen LogP contribution in [0.1, 0.15) is 11.1 Å². The van der Waals surface area contributed by atoms with Crippen molar-refractivity contribution in [1.82, 2.24) is 0 Å². The lowest BCUT2D eigenvalue weighted by Crippen LogP contribution is -1.91. The number of benzene rings is 2. The molecule has 0 aliphatic heterocycles. The molecule has 2 aromatic rings. The van der Waals surface area contributed by atoms with Crippen LogP contribution in [0.2, 0.25) is 5.02 Å². The first-order valence-electron chi connectivity index (χ1n) is 6.33. The van der Waals surface area contributed by atoms with E-state index < -0.39 is 5.78 Å². The fraction of sp³-hybridized carbons (Fsp3) is 0. The van der Waals surface area contributed by atoms with Crippen molar-refractivity contribution in [2.75, 3.05) is 0 Å². The van der Waals surface area contributed by atoms with Gasteiger partial charge in [0.15, 0.2) is 5.78 Å². The molecule has 0 atom stereocenters. The SMILES string of the molecule is O=C(/C=C(\O)c1cc(Br)ccc1O)/C=C/c1cccc(Cl)c1. The smallest absolute Gasteiger partial charge is 0.182 e. The van der Waals surface area contributed by atoms with E-state index >= 15 is 0 Å². The lowest BCUT2D eigenvalue weighted by molar-refractivity contribution is -0.110. The van der Waals surface area contributed by atoms with Crippen LogP contribution in [0.15, 0.2) is 59.1 Å². The van der Waals surface area contributed by atoms with E-state index in [1.807, 2.05) is 0 Å². The van der Waals surface area contributed by atoms with Gasteiger partial charge in [0.1, 0.15) is 11.5 Å². The fourth-order valence-corrected chi connectivity index (χ4v) is 2.32. The van der Waals surface area contributed by atoms with Gasteiger partial charge in [-0.05, 0) is 42.0 Å². The lowest BCUT2D eigenvalue weighted by Gasteiger charge is -2.03. The molecule has 0 saturated heterocycles. The third kappa shape index (κ3) is 4.48. The summed E-state index contributed by atoms with van der Waals surface area (Å²) in [6.07, 6.45) is 3.96. The molecule has 0 aliphatic rings. The summed E-state index contributed by atoms with van der Waals surface area (Å²) in [7, 11) is 0. The predicted octanol–water partition coefficient (Wildman–Crippen LogP) is 4.99. The lowest BCUT2D eigenvalue weighted by atomic mass is 10.1. The van der Waals surface area contributed by atoms with Crippen LogP contribution in [0.25, 0.3) is 11.8 Å². The van der Waals surface area contributed by atoms with Crippen molar-refractivity contribution in [2.24, 2.45) is 0 Å². The largest absolute Gasteiger partial charge is 0.507 e. The highest BCUT2D eigenvalue weighted by molar-refractivity contribution is 9.10. The monoisotopic (exact) mass is 378 g/mol. The van der Waals surface area contributed by atoms with Gasteiger partial charge in [-0.15, -0.1) is 0 Å². The molecule has 3 nitrogen and oxygen atoms in total. The summed E-state index contributed by atoms with van der Waals surface area (Å²) in [5, 5.41) is 20.2. The standard InChI is InChI=1S/C17H12BrClO3/c18-12-5-7-16(21)15(9-12)17(22)10-14(20)6-4-11-2-1-3-13(19)8-11/h1-10,21-22H/b6-4+,17-10-. The molecule has 5 heteroatoms. The van der Waals surface area contributed by atoms with Crippen LogP contribution in [0, 0.1) is 0 Å². The predicted molar refractivity (Wildman–Crippen MR) is 91.9 cm³/mol. The molecular weight excluding hydrogens is 368 g/mol. The Bertz CT molecular complexity index is 766. The summed E-state index contributed by atoms with van der Waals surface area (Å²) in [5.74, 6) is -0.819. The first-order chi connectivity index (χ1) is 10.5. The van der Waals surface area contributed by atoms with Gasteiger partial charge in [0, 0.05) is 15.6 Å². The van der Waals surface area contributed by atoms with E-state index in [4.69, 9.17) is 11.6 Å². The summed E-state index contributed by atoms with van der Waals surface area (Å²) in [6.45, 7) is 0. The molecule has 2 rings (SSSR count). The number of hydrogen-bond acceptors (Lipinski definition) is 3. The minimum Gasteiger partial charge on any atom is -0.507 e. The molecule has 0 unspecified atom stereocenters. The van der Waals surface area contributed by atoms with E-state index in [2.05, 4.69) is 15.9 Å². The molecule has 0 aliphatic carbocycles. The zero-order valence-electron chi connectivity index (χ0n) is 11.3. The quantitative estimate of drug-likeness (QED) is 0.581. The molecular formula is C17H12BrClO3. The van der Waals surface area contributed by atoms with Gasteiger partial charge < -0.3 is 10.2 Å². The van der Waals surface area contributed by atoms with Crippen molar-refractivity contribution in [3.05, 3.63) is 75.2 Å². The fourth-order valence-electron chi connectivity index (χ4n) is 1.76. The van der Waals surface area contributed by atoms with E-state index in [1.165, 1.54) is 18.2 Å². The van der Waals surface area contributed by atoms with Crippen molar-refractivity contribution in [1.29, 1.82) is 0 Å². The minimum absolute atomic E-state index is 0.108. The molecule has 2 N–H and O–H groups in total. The van der Waals surface area contributed by atoms with Crippen LogP contribution in [0.4, 0.5) is 0 Å². The van der Waals surface area contributed by atoms with Crippen LogP contribution in [0.5, 0.6) is 5.75 Å². The summed E-state index contributed by atoms with van der Waals surface area (Å²) in [5.41, 5.74) is 0.956. The molecule has 0 saturated carbocycles. The molecule has 0 radical (unpaired) electrons.